The molecular formula is C32H36FN5O3. The van der Waals surface area contributed by atoms with E-state index in [1.165, 1.54) is 12.1 Å². The Balaban J connectivity index is 1.49. The van der Waals surface area contributed by atoms with Gasteiger partial charge in [-0.25, -0.2) is 19.2 Å². The maximum Gasteiger partial charge on any atom is 0.334 e. The molecule has 4 amide bonds. The van der Waals surface area contributed by atoms with Gasteiger partial charge in [0.25, 0.3) is 0 Å². The van der Waals surface area contributed by atoms with Gasteiger partial charge in [-0.05, 0) is 41.2 Å². The highest BCUT2D eigenvalue weighted by molar-refractivity contribution is 5.91. The largest absolute Gasteiger partial charge is 0.334 e. The number of hydrogen-bond donors (Lipinski definition) is 1. The van der Waals surface area contributed by atoms with Gasteiger partial charge in [-0.15, -0.1) is 0 Å². The SMILES string of the molecule is CC(C)C[C@H]1C(=O)N(Cc2cccc(F)c2)C[C@H]2N1C(=O)CN(Cc1ccccc1)N2C(=O)NCc1ccccc1. The maximum atomic E-state index is 14.0. The molecule has 2 atom stereocenters. The molecule has 0 aliphatic carbocycles. The van der Waals surface area contributed by atoms with E-state index in [4.69, 9.17) is 0 Å². The minimum Gasteiger partial charge on any atom is -0.333 e. The van der Waals surface area contributed by atoms with Gasteiger partial charge in [-0.2, -0.15) is 0 Å². The van der Waals surface area contributed by atoms with Crippen molar-refractivity contribution in [2.75, 3.05) is 13.1 Å². The third kappa shape index (κ3) is 6.57. The molecule has 9 heteroatoms. The zero-order valence-electron chi connectivity index (χ0n) is 23.4. The van der Waals surface area contributed by atoms with E-state index in [2.05, 4.69) is 5.32 Å². The molecule has 1 N–H and O–H groups in total. The molecular weight excluding hydrogens is 521 g/mol. The lowest BCUT2D eigenvalue weighted by Gasteiger charge is -2.55. The van der Waals surface area contributed by atoms with E-state index >= 15 is 0 Å². The van der Waals surface area contributed by atoms with Crippen LogP contribution in [0, 0.1) is 11.7 Å². The Kier molecular flexibility index (Phi) is 8.64. The lowest BCUT2D eigenvalue weighted by atomic mass is 9.96. The van der Waals surface area contributed by atoms with Gasteiger partial charge >= 0.3 is 6.03 Å². The maximum absolute atomic E-state index is 14.0. The van der Waals surface area contributed by atoms with E-state index < -0.39 is 12.2 Å². The summed E-state index contributed by atoms with van der Waals surface area (Å²) in [7, 11) is 0. The van der Waals surface area contributed by atoms with Crippen molar-refractivity contribution >= 4 is 17.8 Å². The first-order valence-electron chi connectivity index (χ1n) is 14.0. The Morgan fingerprint density at radius 1 is 0.902 bits per heavy atom. The zero-order valence-corrected chi connectivity index (χ0v) is 23.4. The van der Waals surface area contributed by atoms with Crippen LogP contribution in [0.15, 0.2) is 84.9 Å². The Morgan fingerprint density at radius 2 is 1.56 bits per heavy atom. The summed E-state index contributed by atoms with van der Waals surface area (Å²) in [4.78, 5) is 44.7. The van der Waals surface area contributed by atoms with Crippen molar-refractivity contribution in [1.82, 2.24) is 25.1 Å². The number of halogens is 1. The summed E-state index contributed by atoms with van der Waals surface area (Å²) in [5, 5.41) is 6.40. The average Bonchev–Trinajstić information content (AvgIpc) is 2.95. The third-order valence-corrected chi connectivity index (χ3v) is 7.49. The van der Waals surface area contributed by atoms with Crippen molar-refractivity contribution < 1.29 is 18.8 Å². The van der Waals surface area contributed by atoms with E-state index in [0.29, 0.717) is 25.1 Å². The van der Waals surface area contributed by atoms with Gasteiger partial charge in [0.2, 0.25) is 11.8 Å². The monoisotopic (exact) mass is 557 g/mol. The molecule has 2 fully saturated rings. The molecule has 2 heterocycles. The molecule has 8 nitrogen and oxygen atoms in total. The third-order valence-electron chi connectivity index (χ3n) is 7.49. The number of hydrogen-bond acceptors (Lipinski definition) is 4. The van der Waals surface area contributed by atoms with Crippen LogP contribution in [-0.4, -0.2) is 63.0 Å². The molecule has 214 valence electrons. The van der Waals surface area contributed by atoms with Gasteiger partial charge in [0.05, 0.1) is 13.1 Å². The van der Waals surface area contributed by atoms with Crippen LogP contribution in [0.25, 0.3) is 0 Å². The second kappa shape index (κ2) is 12.5. The summed E-state index contributed by atoms with van der Waals surface area (Å²) in [5.41, 5.74) is 2.56. The van der Waals surface area contributed by atoms with Gasteiger partial charge in [0, 0.05) is 19.6 Å². The van der Waals surface area contributed by atoms with E-state index in [0.717, 1.165) is 11.1 Å². The molecule has 5 rings (SSSR count). The Bertz CT molecular complexity index is 1370. The van der Waals surface area contributed by atoms with Crippen molar-refractivity contribution in [2.45, 2.75) is 52.1 Å². The number of carbonyl (C=O) groups excluding carboxylic acids is 3. The molecule has 0 aromatic heterocycles. The lowest BCUT2D eigenvalue weighted by Crippen LogP contribution is -2.76. The molecule has 0 spiro atoms. The predicted octanol–water partition coefficient (Wildman–Crippen LogP) is 4.38. The molecule has 2 saturated heterocycles. The van der Waals surface area contributed by atoms with Crippen LogP contribution < -0.4 is 5.32 Å². The highest BCUT2D eigenvalue weighted by Crippen LogP contribution is 2.31. The standard InChI is InChI=1S/C32H36FN5O3/c1-23(2)16-28-31(40)35(19-26-14-9-15-27(33)17-26)21-29-37(28)30(39)22-36(20-25-12-7-4-8-13-25)38(29)32(41)34-18-24-10-5-3-6-11-24/h3-15,17,23,28-29H,16,18-22H2,1-2H3,(H,34,41)/t28-,29-/m0/s1. The average molecular weight is 558 g/mol. The minimum absolute atomic E-state index is 0.0318. The van der Waals surface area contributed by atoms with Crippen LogP contribution in [-0.2, 0) is 29.2 Å². The number of nitrogens with one attached hydrogen (secondary N) is 1. The number of amides is 4. The smallest absolute Gasteiger partial charge is 0.333 e. The summed E-state index contributed by atoms with van der Waals surface area (Å²) in [6.45, 7) is 4.94. The first-order chi connectivity index (χ1) is 19.8. The van der Waals surface area contributed by atoms with Crippen molar-refractivity contribution in [1.29, 1.82) is 0 Å². The van der Waals surface area contributed by atoms with Gasteiger partial charge in [-0.1, -0.05) is 86.6 Å². The molecule has 2 aliphatic rings. The van der Waals surface area contributed by atoms with E-state index in [-0.39, 0.29) is 49.2 Å². The number of benzene rings is 3. The topological polar surface area (TPSA) is 76.2 Å². The van der Waals surface area contributed by atoms with Crippen LogP contribution in [0.3, 0.4) is 0 Å². The van der Waals surface area contributed by atoms with E-state index in [1.54, 1.807) is 32.0 Å². The quantitative estimate of drug-likeness (QED) is 0.446. The molecule has 0 radical (unpaired) electrons. The molecule has 41 heavy (non-hydrogen) atoms. The van der Waals surface area contributed by atoms with Crippen molar-refractivity contribution in [3.8, 4) is 0 Å². The first kappa shape index (κ1) is 28.3. The highest BCUT2D eigenvalue weighted by Gasteiger charge is 2.51. The molecule has 0 bridgehead atoms. The number of nitrogens with zero attached hydrogens (tertiary/aromatic N) is 4. The summed E-state index contributed by atoms with van der Waals surface area (Å²) in [6.07, 6.45) is -0.260. The number of hydrazine groups is 1. The summed E-state index contributed by atoms with van der Waals surface area (Å²) in [5.74, 6) is -0.624. The van der Waals surface area contributed by atoms with E-state index in [9.17, 15) is 18.8 Å². The highest BCUT2D eigenvalue weighted by atomic mass is 19.1. The van der Waals surface area contributed by atoms with Crippen LogP contribution in [0.5, 0.6) is 0 Å². The number of urea groups is 1. The zero-order chi connectivity index (χ0) is 28.9. The molecule has 3 aromatic rings. The van der Waals surface area contributed by atoms with Crippen LogP contribution >= 0.6 is 0 Å². The fourth-order valence-electron chi connectivity index (χ4n) is 5.65. The Morgan fingerprint density at radius 3 is 2.22 bits per heavy atom. The van der Waals surface area contributed by atoms with Crippen LogP contribution in [0.1, 0.15) is 37.0 Å². The summed E-state index contributed by atoms with van der Waals surface area (Å²) in [6, 6.07) is 24.4. The van der Waals surface area contributed by atoms with Crippen molar-refractivity contribution in [3.63, 3.8) is 0 Å². The van der Waals surface area contributed by atoms with Crippen molar-refractivity contribution in [3.05, 3.63) is 107 Å². The molecule has 2 aliphatic heterocycles. The Hall–Kier alpha value is -4.24. The number of fused-ring (bicyclic) bond motifs is 1. The van der Waals surface area contributed by atoms with Gasteiger partial charge < -0.3 is 15.1 Å². The second-order valence-electron chi connectivity index (χ2n) is 11.1. The Labute approximate surface area is 240 Å². The number of rotatable bonds is 8. The van der Waals surface area contributed by atoms with Gasteiger partial charge in [0.15, 0.2) is 0 Å². The summed E-state index contributed by atoms with van der Waals surface area (Å²) >= 11 is 0. The molecule has 0 saturated carbocycles. The predicted molar refractivity (Wildman–Crippen MR) is 153 cm³/mol. The lowest BCUT2D eigenvalue weighted by molar-refractivity contribution is -0.193. The second-order valence-corrected chi connectivity index (χ2v) is 11.1. The minimum atomic E-state index is -0.724. The molecule has 3 aromatic carbocycles. The number of carbonyl (C=O) groups is 3. The first-order valence-corrected chi connectivity index (χ1v) is 14.0. The fraction of sp³-hybridized carbons (Fsp3) is 0.344. The van der Waals surface area contributed by atoms with Gasteiger partial charge in [-0.3, -0.25) is 9.59 Å². The van der Waals surface area contributed by atoms with E-state index in [1.807, 2.05) is 74.5 Å². The fourth-order valence-corrected chi connectivity index (χ4v) is 5.65. The van der Waals surface area contributed by atoms with Crippen molar-refractivity contribution in [2.24, 2.45) is 5.92 Å². The van der Waals surface area contributed by atoms with Crippen LogP contribution in [0.4, 0.5) is 9.18 Å². The molecule has 0 unspecified atom stereocenters. The number of piperazine rings is 1. The van der Waals surface area contributed by atoms with Crippen LogP contribution in [0.2, 0.25) is 0 Å². The summed E-state index contributed by atoms with van der Waals surface area (Å²) < 4.78 is 14.0. The van der Waals surface area contributed by atoms with Gasteiger partial charge in [0.1, 0.15) is 18.0 Å². The normalized spacial score (nSPS) is 19.5.